The molecule has 0 radical (unpaired) electrons. The molecule has 0 aliphatic carbocycles. The van der Waals surface area contributed by atoms with Gasteiger partial charge in [0.2, 0.25) is 5.91 Å². The number of carbonyl (C=O) groups excluding carboxylic acids is 2. The van der Waals surface area contributed by atoms with E-state index in [4.69, 9.17) is 14.7 Å². The van der Waals surface area contributed by atoms with Crippen molar-refractivity contribution in [3.8, 4) is 5.75 Å². The predicted molar refractivity (Wildman–Crippen MR) is 124 cm³/mol. The second-order valence-corrected chi connectivity index (χ2v) is 9.01. The number of nitrogens with one attached hydrogen (secondary N) is 1. The standard InChI is InChI=1S/C23H24N4O3S/c1-13(2)19-22(29)27-20(26-19)17-7-5-6-8-18(17)25-23(27)31-14(3)21(28)24-15-9-11-16(30-4)12-10-15/h5-14,19H,1-4H3,(H,24,28)/t14-,19+/m1/s1. The van der Waals surface area contributed by atoms with Gasteiger partial charge in [-0.15, -0.1) is 0 Å². The first-order valence-electron chi connectivity index (χ1n) is 10.1. The number of para-hydroxylation sites is 1. The molecule has 1 N–H and O–H groups in total. The molecule has 2 aromatic carbocycles. The molecule has 2 aliphatic rings. The molecule has 2 amide bonds. The summed E-state index contributed by atoms with van der Waals surface area (Å²) in [7, 11) is 1.59. The molecule has 0 fully saturated rings. The van der Waals surface area contributed by atoms with Gasteiger partial charge in [0.05, 0.1) is 18.0 Å². The number of carbonyl (C=O) groups is 2. The molecule has 2 aromatic rings. The van der Waals surface area contributed by atoms with Crippen LogP contribution < -0.4 is 10.1 Å². The van der Waals surface area contributed by atoms with E-state index in [1.165, 1.54) is 11.8 Å². The number of methoxy groups -OCH3 is 1. The lowest BCUT2D eigenvalue weighted by molar-refractivity contribution is -0.125. The van der Waals surface area contributed by atoms with E-state index in [1.807, 2.05) is 38.1 Å². The Hall–Kier alpha value is -3.13. The van der Waals surface area contributed by atoms with E-state index in [0.717, 1.165) is 17.0 Å². The highest BCUT2D eigenvalue weighted by molar-refractivity contribution is 8.15. The lowest BCUT2D eigenvalue weighted by atomic mass is 10.1. The van der Waals surface area contributed by atoms with Crippen LogP contribution in [0, 0.1) is 5.92 Å². The molecule has 2 atom stereocenters. The minimum absolute atomic E-state index is 0.0693. The van der Waals surface area contributed by atoms with Crippen molar-refractivity contribution in [3.63, 3.8) is 0 Å². The van der Waals surface area contributed by atoms with Crippen molar-refractivity contribution in [2.75, 3.05) is 12.4 Å². The highest BCUT2D eigenvalue weighted by Crippen LogP contribution is 2.35. The number of aliphatic imine (C=N–C) groups is 2. The Bertz CT molecular complexity index is 1080. The number of amidine groups is 2. The minimum atomic E-state index is -0.474. The van der Waals surface area contributed by atoms with Gasteiger partial charge in [-0.25, -0.2) is 9.89 Å². The molecule has 0 saturated heterocycles. The third-order valence-corrected chi connectivity index (χ3v) is 6.19. The Morgan fingerprint density at radius 3 is 2.52 bits per heavy atom. The summed E-state index contributed by atoms with van der Waals surface area (Å²) in [6, 6.07) is 14.3. The lowest BCUT2D eigenvalue weighted by Gasteiger charge is -2.27. The van der Waals surface area contributed by atoms with Crippen molar-refractivity contribution in [1.82, 2.24) is 4.90 Å². The van der Waals surface area contributed by atoms with Crippen molar-refractivity contribution in [1.29, 1.82) is 0 Å². The van der Waals surface area contributed by atoms with E-state index in [2.05, 4.69) is 5.32 Å². The van der Waals surface area contributed by atoms with Crippen molar-refractivity contribution in [3.05, 3.63) is 54.1 Å². The number of amides is 2. The van der Waals surface area contributed by atoms with Crippen LogP contribution in [0.5, 0.6) is 5.75 Å². The molecule has 0 saturated carbocycles. The Balaban J connectivity index is 1.57. The van der Waals surface area contributed by atoms with E-state index in [9.17, 15) is 9.59 Å². The predicted octanol–water partition coefficient (Wildman–Crippen LogP) is 4.07. The minimum Gasteiger partial charge on any atom is -0.497 e. The third kappa shape index (κ3) is 4.07. The van der Waals surface area contributed by atoms with Gasteiger partial charge in [-0.1, -0.05) is 37.7 Å². The summed E-state index contributed by atoms with van der Waals surface area (Å²) >= 11 is 1.25. The van der Waals surface area contributed by atoms with Gasteiger partial charge in [0.15, 0.2) is 5.17 Å². The zero-order valence-electron chi connectivity index (χ0n) is 17.8. The van der Waals surface area contributed by atoms with Gasteiger partial charge in [-0.05, 0) is 49.2 Å². The zero-order chi connectivity index (χ0) is 22.1. The van der Waals surface area contributed by atoms with Crippen LogP contribution in [0.1, 0.15) is 26.3 Å². The maximum absolute atomic E-state index is 13.1. The molecule has 0 unspecified atom stereocenters. The van der Waals surface area contributed by atoms with Gasteiger partial charge in [0.25, 0.3) is 5.91 Å². The van der Waals surface area contributed by atoms with E-state index >= 15 is 0 Å². The number of fused-ring (bicyclic) bond motifs is 3. The third-order valence-electron chi connectivity index (χ3n) is 5.14. The molecule has 7 nitrogen and oxygen atoms in total. The molecular weight excluding hydrogens is 412 g/mol. The molecule has 0 spiro atoms. The van der Waals surface area contributed by atoms with E-state index in [0.29, 0.717) is 16.7 Å². The van der Waals surface area contributed by atoms with Crippen molar-refractivity contribution < 1.29 is 14.3 Å². The average Bonchev–Trinajstić information content (AvgIpc) is 3.12. The van der Waals surface area contributed by atoms with Crippen molar-refractivity contribution in [2.45, 2.75) is 32.1 Å². The number of rotatable bonds is 5. The van der Waals surface area contributed by atoms with Crippen LogP contribution in [0.4, 0.5) is 11.4 Å². The summed E-state index contributed by atoms with van der Waals surface area (Å²) in [5, 5.41) is 2.90. The van der Waals surface area contributed by atoms with Gasteiger partial charge in [-0.3, -0.25) is 14.6 Å². The molecule has 8 heteroatoms. The number of thioether (sulfide) groups is 1. The summed E-state index contributed by atoms with van der Waals surface area (Å²) in [6.07, 6.45) is 0. The summed E-state index contributed by atoms with van der Waals surface area (Å²) in [6.45, 7) is 5.75. The lowest BCUT2D eigenvalue weighted by Crippen LogP contribution is -2.43. The van der Waals surface area contributed by atoms with Crippen LogP contribution in [-0.2, 0) is 9.59 Å². The summed E-state index contributed by atoms with van der Waals surface area (Å²) in [4.78, 5) is 36.9. The summed E-state index contributed by atoms with van der Waals surface area (Å²) < 4.78 is 5.15. The van der Waals surface area contributed by atoms with Gasteiger partial charge >= 0.3 is 0 Å². The van der Waals surface area contributed by atoms with Gasteiger partial charge in [0.1, 0.15) is 17.6 Å². The average molecular weight is 437 g/mol. The number of hydrogen-bond acceptors (Lipinski definition) is 6. The maximum atomic E-state index is 13.1. The van der Waals surface area contributed by atoms with Crippen LogP contribution in [0.2, 0.25) is 0 Å². The van der Waals surface area contributed by atoms with Gasteiger partial charge < -0.3 is 10.1 Å². The van der Waals surface area contributed by atoms with Gasteiger partial charge in [-0.2, -0.15) is 0 Å². The van der Waals surface area contributed by atoms with Gasteiger partial charge in [0, 0.05) is 11.3 Å². The normalized spacial score (nSPS) is 18.2. The molecule has 160 valence electrons. The van der Waals surface area contributed by atoms with Crippen LogP contribution in [-0.4, -0.2) is 46.1 Å². The number of anilines is 1. The number of benzene rings is 2. The Morgan fingerprint density at radius 1 is 1.13 bits per heavy atom. The molecular formula is C23H24N4O3S. The Kier molecular flexibility index (Phi) is 5.82. The van der Waals surface area contributed by atoms with Crippen LogP contribution in [0.3, 0.4) is 0 Å². The summed E-state index contributed by atoms with van der Waals surface area (Å²) in [5.41, 5.74) is 2.26. The fourth-order valence-corrected chi connectivity index (χ4v) is 4.33. The zero-order valence-corrected chi connectivity index (χ0v) is 18.6. The van der Waals surface area contributed by atoms with Crippen LogP contribution in [0.25, 0.3) is 0 Å². The first-order chi connectivity index (χ1) is 14.9. The topological polar surface area (TPSA) is 83.4 Å². The quantitative estimate of drug-likeness (QED) is 0.766. The molecule has 0 bridgehead atoms. The second-order valence-electron chi connectivity index (χ2n) is 7.70. The maximum Gasteiger partial charge on any atom is 0.259 e. The highest BCUT2D eigenvalue weighted by atomic mass is 32.2. The fourth-order valence-electron chi connectivity index (χ4n) is 3.41. The molecule has 2 aliphatic heterocycles. The molecule has 31 heavy (non-hydrogen) atoms. The first-order valence-corrected chi connectivity index (χ1v) is 11.0. The van der Waals surface area contributed by atoms with E-state index < -0.39 is 11.3 Å². The number of ether oxygens (including phenoxy) is 1. The van der Waals surface area contributed by atoms with E-state index in [-0.39, 0.29) is 17.7 Å². The Labute approximate surface area is 185 Å². The molecule has 4 rings (SSSR count). The largest absolute Gasteiger partial charge is 0.497 e. The Morgan fingerprint density at radius 2 is 1.84 bits per heavy atom. The smallest absolute Gasteiger partial charge is 0.259 e. The monoisotopic (exact) mass is 436 g/mol. The number of nitrogens with zero attached hydrogens (tertiary/aromatic N) is 3. The first kappa shape index (κ1) is 21.1. The second kappa shape index (κ2) is 8.55. The molecule has 2 heterocycles. The van der Waals surface area contributed by atoms with Crippen LogP contribution in [0.15, 0.2) is 58.5 Å². The highest BCUT2D eigenvalue weighted by Gasteiger charge is 2.43. The van der Waals surface area contributed by atoms with Crippen LogP contribution >= 0.6 is 11.8 Å². The van der Waals surface area contributed by atoms with Crippen molar-refractivity contribution in [2.24, 2.45) is 15.9 Å². The fraction of sp³-hybridized carbons (Fsp3) is 0.304. The summed E-state index contributed by atoms with van der Waals surface area (Å²) in [5.74, 6) is 1.12. The van der Waals surface area contributed by atoms with E-state index in [1.54, 1.807) is 43.2 Å². The SMILES string of the molecule is COc1ccc(NC(=O)[C@@H](C)SC2=Nc3ccccc3C3=N[C@@H](C(C)C)C(=O)N23)cc1. The molecule has 0 aromatic heterocycles. The number of hydrogen-bond donors (Lipinski definition) is 1. The van der Waals surface area contributed by atoms with Crippen molar-refractivity contribution >= 4 is 46.0 Å².